The summed E-state index contributed by atoms with van der Waals surface area (Å²) in [5.41, 5.74) is 0. The molecule has 0 aliphatic heterocycles. The number of nitrogens with one attached hydrogen (secondary N) is 1. The maximum absolute atomic E-state index is 11.5. The van der Waals surface area contributed by atoms with Gasteiger partial charge in [0.1, 0.15) is 6.04 Å². The van der Waals surface area contributed by atoms with Crippen LogP contribution in [0.15, 0.2) is 12.2 Å². The lowest BCUT2D eigenvalue weighted by molar-refractivity contribution is -0.142. The van der Waals surface area contributed by atoms with E-state index in [9.17, 15) is 14.4 Å². The van der Waals surface area contributed by atoms with Gasteiger partial charge in [-0.1, -0.05) is 38.7 Å². The number of allylic oxidation sites excluding steroid dienone is 1. The summed E-state index contributed by atoms with van der Waals surface area (Å²) in [6.07, 6.45) is 9.12. The third-order valence-electron chi connectivity index (χ3n) is 3.01. The van der Waals surface area contributed by atoms with Gasteiger partial charge in [-0.15, -0.1) is 0 Å². The Morgan fingerprint density at radius 1 is 1.10 bits per heavy atom. The molecule has 0 saturated heterocycles. The van der Waals surface area contributed by atoms with Crippen molar-refractivity contribution in [2.75, 3.05) is 0 Å². The monoisotopic (exact) mass is 299 g/mol. The second kappa shape index (κ2) is 11.9. The first-order valence-corrected chi connectivity index (χ1v) is 7.39. The summed E-state index contributed by atoms with van der Waals surface area (Å²) in [6, 6.07) is -1.16. The number of amides is 1. The molecular formula is C15H25NO5. The van der Waals surface area contributed by atoms with Crippen LogP contribution in [0.4, 0.5) is 0 Å². The van der Waals surface area contributed by atoms with Gasteiger partial charge in [0.05, 0.1) is 0 Å². The Labute approximate surface area is 125 Å². The number of hydrogen-bond acceptors (Lipinski definition) is 3. The molecule has 0 saturated carbocycles. The van der Waals surface area contributed by atoms with Crippen LogP contribution in [0, 0.1) is 0 Å². The fourth-order valence-electron chi connectivity index (χ4n) is 1.80. The fourth-order valence-corrected chi connectivity index (χ4v) is 1.80. The van der Waals surface area contributed by atoms with E-state index in [0.29, 0.717) is 0 Å². The average Bonchev–Trinajstić information content (AvgIpc) is 2.41. The van der Waals surface area contributed by atoms with E-state index in [1.807, 2.05) is 0 Å². The molecule has 0 aliphatic rings. The summed E-state index contributed by atoms with van der Waals surface area (Å²) < 4.78 is 0. The second-order valence-corrected chi connectivity index (χ2v) is 4.94. The normalized spacial score (nSPS) is 12.2. The largest absolute Gasteiger partial charge is 0.481 e. The molecule has 0 bridgehead atoms. The van der Waals surface area contributed by atoms with Crippen molar-refractivity contribution in [2.45, 2.75) is 64.3 Å². The van der Waals surface area contributed by atoms with Gasteiger partial charge in [-0.3, -0.25) is 9.59 Å². The number of rotatable bonds is 12. The standard InChI is InChI=1S/C15H25NO5/c1-2-3-4-5-6-7-8-9-13(17)16-12(15(20)21)10-11-14(18)19/h8-9,12H,2-7,10-11H2,1H3,(H,16,17)(H,18,19)(H,20,21)/b9-8+. The summed E-state index contributed by atoms with van der Waals surface area (Å²) in [6.45, 7) is 2.15. The third-order valence-corrected chi connectivity index (χ3v) is 3.01. The average molecular weight is 299 g/mol. The van der Waals surface area contributed by atoms with Crippen molar-refractivity contribution in [1.29, 1.82) is 0 Å². The zero-order chi connectivity index (χ0) is 16.1. The molecule has 0 heterocycles. The van der Waals surface area contributed by atoms with Gasteiger partial charge in [0.25, 0.3) is 0 Å². The molecular weight excluding hydrogens is 274 g/mol. The Morgan fingerprint density at radius 3 is 2.33 bits per heavy atom. The highest BCUT2D eigenvalue weighted by Crippen LogP contribution is 2.05. The maximum atomic E-state index is 11.5. The molecule has 0 spiro atoms. The molecule has 0 aromatic carbocycles. The van der Waals surface area contributed by atoms with Crippen molar-refractivity contribution in [3.05, 3.63) is 12.2 Å². The molecule has 0 fully saturated rings. The van der Waals surface area contributed by atoms with E-state index in [1.165, 1.54) is 25.3 Å². The first kappa shape index (κ1) is 19.1. The second-order valence-electron chi connectivity index (χ2n) is 4.94. The minimum Gasteiger partial charge on any atom is -0.481 e. The van der Waals surface area contributed by atoms with Gasteiger partial charge in [0.15, 0.2) is 0 Å². The van der Waals surface area contributed by atoms with Crippen molar-refractivity contribution in [3.8, 4) is 0 Å². The summed E-state index contributed by atoms with van der Waals surface area (Å²) in [7, 11) is 0. The maximum Gasteiger partial charge on any atom is 0.326 e. The van der Waals surface area contributed by atoms with Gasteiger partial charge < -0.3 is 15.5 Å². The fraction of sp³-hybridized carbons (Fsp3) is 0.667. The van der Waals surface area contributed by atoms with Crippen LogP contribution >= 0.6 is 0 Å². The minimum absolute atomic E-state index is 0.124. The van der Waals surface area contributed by atoms with E-state index >= 15 is 0 Å². The van der Waals surface area contributed by atoms with Crippen LogP contribution in [0.3, 0.4) is 0 Å². The number of unbranched alkanes of at least 4 members (excludes halogenated alkanes) is 5. The topological polar surface area (TPSA) is 104 Å². The van der Waals surface area contributed by atoms with Crippen LogP contribution in [-0.2, 0) is 14.4 Å². The van der Waals surface area contributed by atoms with Crippen molar-refractivity contribution in [1.82, 2.24) is 5.32 Å². The van der Waals surface area contributed by atoms with Gasteiger partial charge in [-0.2, -0.15) is 0 Å². The molecule has 6 nitrogen and oxygen atoms in total. The molecule has 6 heteroatoms. The Morgan fingerprint density at radius 2 is 1.76 bits per heavy atom. The first-order chi connectivity index (χ1) is 9.97. The van der Waals surface area contributed by atoms with E-state index in [-0.39, 0.29) is 12.8 Å². The summed E-state index contributed by atoms with van der Waals surface area (Å²) >= 11 is 0. The molecule has 0 aromatic heterocycles. The molecule has 0 radical (unpaired) electrons. The van der Waals surface area contributed by atoms with E-state index in [2.05, 4.69) is 12.2 Å². The highest BCUT2D eigenvalue weighted by Gasteiger charge is 2.19. The van der Waals surface area contributed by atoms with Gasteiger partial charge in [-0.25, -0.2) is 4.79 Å². The highest BCUT2D eigenvalue weighted by atomic mass is 16.4. The third kappa shape index (κ3) is 11.7. The Balaban J connectivity index is 3.96. The van der Waals surface area contributed by atoms with Crippen molar-refractivity contribution < 1.29 is 24.6 Å². The minimum atomic E-state index is -1.22. The van der Waals surface area contributed by atoms with E-state index < -0.39 is 23.9 Å². The number of carbonyl (C=O) groups is 3. The zero-order valence-corrected chi connectivity index (χ0v) is 12.5. The SMILES string of the molecule is CCCCCCC/C=C/C(=O)NC(CCC(=O)O)C(=O)O. The predicted octanol–water partition coefficient (Wildman–Crippen LogP) is 2.34. The van der Waals surface area contributed by atoms with E-state index in [4.69, 9.17) is 10.2 Å². The number of carboxylic acids is 2. The van der Waals surface area contributed by atoms with E-state index in [0.717, 1.165) is 19.3 Å². The summed E-state index contributed by atoms with van der Waals surface area (Å²) in [5, 5.41) is 19.7. The van der Waals surface area contributed by atoms with Crippen LogP contribution in [0.5, 0.6) is 0 Å². The summed E-state index contributed by atoms with van der Waals surface area (Å²) in [4.78, 5) is 32.8. The lowest BCUT2D eigenvalue weighted by Crippen LogP contribution is -2.40. The lowest BCUT2D eigenvalue weighted by Gasteiger charge is -2.11. The molecule has 1 unspecified atom stereocenters. The predicted molar refractivity (Wildman–Crippen MR) is 79.0 cm³/mol. The van der Waals surface area contributed by atoms with Crippen LogP contribution < -0.4 is 5.32 Å². The molecule has 1 amide bonds. The van der Waals surface area contributed by atoms with E-state index in [1.54, 1.807) is 6.08 Å². The van der Waals surface area contributed by atoms with Gasteiger partial charge >= 0.3 is 11.9 Å². The Kier molecular flexibility index (Phi) is 10.9. The van der Waals surface area contributed by atoms with Crippen molar-refractivity contribution in [3.63, 3.8) is 0 Å². The zero-order valence-electron chi connectivity index (χ0n) is 12.5. The molecule has 21 heavy (non-hydrogen) atoms. The highest BCUT2D eigenvalue weighted by molar-refractivity contribution is 5.91. The van der Waals surface area contributed by atoms with Crippen molar-refractivity contribution >= 4 is 17.8 Å². The Hall–Kier alpha value is -1.85. The van der Waals surface area contributed by atoms with Crippen LogP contribution in [0.2, 0.25) is 0 Å². The number of carbonyl (C=O) groups excluding carboxylic acids is 1. The quantitative estimate of drug-likeness (QED) is 0.379. The number of aliphatic carboxylic acids is 2. The molecule has 0 rings (SSSR count). The first-order valence-electron chi connectivity index (χ1n) is 7.39. The molecule has 3 N–H and O–H groups in total. The number of hydrogen-bond donors (Lipinski definition) is 3. The van der Waals surface area contributed by atoms with Crippen LogP contribution in [0.1, 0.15) is 58.3 Å². The lowest BCUT2D eigenvalue weighted by atomic mass is 10.1. The smallest absolute Gasteiger partial charge is 0.326 e. The summed E-state index contributed by atoms with van der Waals surface area (Å²) in [5.74, 6) is -2.81. The van der Waals surface area contributed by atoms with Gasteiger partial charge in [-0.05, 0) is 25.3 Å². The molecule has 0 aromatic rings. The molecule has 0 aliphatic carbocycles. The number of carboxylic acid groups (broad SMARTS) is 2. The van der Waals surface area contributed by atoms with Crippen LogP contribution in [0.25, 0.3) is 0 Å². The Bertz CT molecular complexity index is 365. The van der Waals surface area contributed by atoms with Gasteiger partial charge in [0.2, 0.25) is 5.91 Å². The van der Waals surface area contributed by atoms with Crippen LogP contribution in [-0.4, -0.2) is 34.1 Å². The molecule has 120 valence electrons. The van der Waals surface area contributed by atoms with Gasteiger partial charge in [0, 0.05) is 6.42 Å². The van der Waals surface area contributed by atoms with Crippen molar-refractivity contribution in [2.24, 2.45) is 0 Å². The molecule has 1 atom stereocenters.